The molecule has 4 aromatic rings. The molecule has 30 heavy (non-hydrogen) atoms. The van der Waals surface area contributed by atoms with E-state index in [0.29, 0.717) is 27.7 Å². The number of ether oxygens (including phenoxy) is 1. The summed E-state index contributed by atoms with van der Waals surface area (Å²) in [7, 11) is 0. The molecule has 2 heterocycles. The second-order valence-electron chi connectivity index (χ2n) is 6.34. The third-order valence-corrected chi connectivity index (χ3v) is 5.38. The molecule has 0 fully saturated rings. The summed E-state index contributed by atoms with van der Waals surface area (Å²) >= 11 is 7.19. The average molecular weight is 442 g/mol. The van der Waals surface area contributed by atoms with Gasteiger partial charge in [0.1, 0.15) is 5.52 Å². The molecule has 0 aliphatic carbocycles. The van der Waals surface area contributed by atoms with Crippen LogP contribution in [-0.4, -0.2) is 27.9 Å². The Balaban J connectivity index is 1.45. The number of hydrogen-bond donors (Lipinski definition) is 1. The molecule has 9 heteroatoms. The van der Waals surface area contributed by atoms with Crippen LogP contribution in [0.1, 0.15) is 23.7 Å². The predicted octanol–water partition coefficient (Wildman–Crippen LogP) is 5.18. The first-order valence-electron chi connectivity index (χ1n) is 9.10. The summed E-state index contributed by atoms with van der Waals surface area (Å²) in [4.78, 5) is 33.7. The van der Waals surface area contributed by atoms with Gasteiger partial charge in [0, 0.05) is 16.0 Å². The number of benzene rings is 2. The highest BCUT2D eigenvalue weighted by atomic mass is 35.5. The lowest BCUT2D eigenvalue weighted by Crippen LogP contribution is -2.32. The Morgan fingerprint density at radius 3 is 2.80 bits per heavy atom. The van der Waals surface area contributed by atoms with Crippen LogP contribution in [0.5, 0.6) is 0 Å². The highest BCUT2D eigenvalue weighted by Gasteiger charge is 2.24. The molecule has 0 aliphatic rings. The van der Waals surface area contributed by atoms with E-state index in [2.05, 4.69) is 15.3 Å². The Kier molecular flexibility index (Phi) is 5.78. The topological polar surface area (TPSA) is 94.3 Å². The maximum atomic E-state index is 12.6. The van der Waals surface area contributed by atoms with E-state index in [-0.39, 0.29) is 5.56 Å². The van der Waals surface area contributed by atoms with Gasteiger partial charge in [-0.2, -0.15) is 0 Å². The summed E-state index contributed by atoms with van der Waals surface area (Å²) in [6.45, 7) is 1.76. The van der Waals surface area contributed by atoms with Crippen molar-refractivity contribution >= 4 is 51.0 Å². The Hall–Kier alpha value is -3.23. The van der Waals surface area contributed by atoms with E-state index in [1.165, 1.54) is 17.7 Å². The molecule has 1 unspecified atom stereocenters. The van der Waals surface area contributed by atoms with Crippen molar-refractivity contribution < 1.29 is 18.7 Å². The van der Waals surface area contributed by atoms with Gasteiger partial charge in [0.15, 0.2) is 23.2 Å². The summed E-state index contributed by atoms with van der Waals surface area (Å²) in [5, 5.41) is 5.60. The summed E-state index contributed by atoms with van der Waals surface area (Å²) in [5.41, 5.74) is 2.71. The normalized spacial score (nSPS) is 11.9. The monoisotopic (exact) mass is 441 g/mol. The molecule has 0 bridgehead atoms. The lowest BCUT2D eigenvalue weighted by atomic mass is 10.2. The number of esters is 1. The molecular weight excluding hydrogens is 426 g/mol. The summed E-state index contributed by atoms with van der Waals surface area (Å²) in [6, 6.07) is 12.2. The molecule has 0 aliphatic heterocycles. The van der Waals surface area contributed by atoms with Crippen molar-refractivity contribution in [3.05, 3.63) is 64.8 Å². The molecule has 0 saturated carbocycles. The summed E-state index contributed by atoms with van der Waals surface area (Å²) < 4.78 is 10.6. The van der Waals surface area contributed by atoms with Gasteiger partial charge in [0.25, 0.3) is 5.91 Å². The van der Waals surface area contributed by atoms with Gasteiger partial charge in [0.2, 0.25) is 0 Å². The summed E-state index contributed by atoms with van der Waals surface area (Å²) in [6.07, 6.45) is 0.594. The Morgan fingerprint density at radius 2 is 2.03 bits per heavy atom. The molecular formula is C21H16ClN3O4S. The van der Waals surface area contributed by atoms with Crippen molar-refractivity contribution in [1.29, 1.82) is 0 Å². The van der Waals surface area contributed by atoms with Gasteiger partial charge in [0.05, 0.1) is 11.3 Å². The number of hydrogen-bond acceptors (Lipinski definition) is 7. The van der Waals surface area contributed by atoms with E-state index in [1.54, 1.807) is 37.3 Å². The van der Waals surface area contributed by atoms with Crippen LogP contribution >= 0.6 is 22.9 Å². The minimum Gasteiger partial charge on any atom is -0.449 e. The first-order valence-corrected chi connectivity index (χ1v) is 10.4. The number of nitrogens with one attached hydrogen (secondary N) is 1. The van der Waals surface area contributed by atoms with Gasteiger partial charge in [-0.25, -0.2) is 14.8 Å². The van der Waals surface area contributed by atoms with Crippen molar-refractivity contribution in [1.82, 2.24) is 9.97 Å². The fourth-order valence-electron chi connectivity index (χ4n) is 2.84. The van der Waals surface area contributed by atoms with E-state index in [4.69, 9.17) is 20.8 Å². The number of oxazole rings is 1. The maximum Gasteiger partial charge on any atom is 0.341 e. The largest absolute Gasteiger partial charge is 0.449 e. The molecule has 7 nitrogen and oxygen atoms in total. The number of nitrogens with zero attached hydrogens (tertiary/aromatic N) is 2. The molecule has 2 aromatic heterocycles. The Bertz CT molecular complexity index is 1200. The molecule has 1 atom stereocenters. The quantitative estimate of drug-likeness (QED) is 0.414. The van der Waals surface area contributed by atoms with Gasteiger partial charge in [-0.3, -0.25) is 10.1 Å². The van der Waals surface area contributed by atoms with Crippen LogP contribution in [0.25, 0.3) is 22.4 Å². The van der Waals surface area contributed by atoms with E-state index in [0.717, 1.165) is 11.3 Å². The lowest BCUT2D eigenvalue weighted by Gasteiger charge is -2.15. The van der Waals surface area contributed by atoms with Crippen LogP contribution in [-0.2, 0) is 9.53 Å². The van der Waals surface area contributed by atoms with Crippen molar-refractivity contribution in [3.63, 3.8) is 0 Å². The SMILES string of the molecule is CCC(OC(=O)c1cccc2ocnc12)C(=O)Nc1nc(-c2ccc(Cl)cc2)cs1. The fraction of sp³-hybridized carbons (Fsp3) is 0.143. The van der Waals surface area contributed by atoms with Gasteiger partial charge in [-0.05, 0) is 30.7 Å². The maximum absolute atomic E-state index is 12.6. The number of halogens is 1. The fourth-order valence-corrected chi connectivity index (χ4v) is 3.68. The number of thiazole rings is 1. The third kappa shape index (κ3) is 4.19. The molecule has 1 N–H and O–H groups in total. The highest BCUT2D eigenvalue weighted by Crippen LogP contribution is 2.26. The second kappa shape index (κ2) is 8.64. The Labute approximate surface area is 180 Å². The van der Waals surface area contributed by atoms with Crippen molar-refractivity contribution in [2.24, 2.45) is 0 Å². The van der Waals surface area contributed by atoms with Crippen LogP contribution in [0.2, 0.25) is 5.02 Å². The van der Waals surface area contributed by atoms with Crippen LogP contribution in [0.15, 0.2) is 58.7 Å². The summed E-state index contributed by atoms with van der Waals surface area (Å²) in [5.74, 6) is -1.09. The smallest absolute Gasteiger partial charge is 0.341 e. The first-order chi connectivity index (χ1) is 14.5. The number of fused-ring (bicyclic) bond motifs is 1. The zero-order chi connectivity index (χ0) is 21.1. The average Bonchev–Trinajstić information content (AvgIpc) is 3.41. The molecule has 2 aromatic carbocycles. The zero-order valence-electron chi connectivity index (χ0n) is 15.8. The minimum atomic E-state index is -0.970. The van der Waals surface area contributed by atoms with Gasteiger partial charge < -0.3 is 9.15 Å². The van der Waals surface area contributed by atoms with Gasteiger partial charge in [-0.15, -0.1) is 11.3 Å². The number of para-hydroxylation sites is 1. The van der Waals surface area contributed by atoms with Crippen LogP contribution in [0, 0.1) is 0 Å². The highest BCUT2D eigenvalue weighted by molar-refractivity contribution is 7.14. The van der Waals surface area contributed by atoms with E-state index in [9.17, 15) is 9.59 Å². The molecule has 4 rings (SSSR count). The first kappa shape index (κ1) is 20.1. The lowest BCUT2D eigenvalue weighted by molar-refractivity contribution is -0.124. The van der Waals surface area contributed by atoms with Crippen LogP contribution in [0.4, 0.5) is 5.13 Å². The zero-order valence-corrected chi connectivity index (χ0v) is 17.4. The number of aromatic nitrogens is 2. The van der Waals surface area contributed by atoms with Crippen molar-refractivity contribution in [3.8, 4) is 11.3 Å². The van der Waals surface area contributed by atoms with Crippen LogP contribution < -0.4 is 5.32 Å². The number of carbonyl (C=O) groups is 2. The van der Waals surface area contributed by atoms with Crippen molar-refractivity contribution in [2.45, 2.75) is 19.4 Å². The molecule has 0 radical (unpaired) electrons. The molecule has 152 valence electrons. The number of rotatable bonds is 6. The van der Waals surface area contributed by atoms with E-state index < -0.39 is 18.0 Å². The number of anilines is 1. The van der Waals surface area contributed by atoms with Crippen molar-refractivity contribution in [2.75, 3.05) is 5.32 Å². The molecule has 0 saturated heterocycles. The minimum absolute atomic E-state index is 0.242. The third-order valence-electron chi connectivity index (χ3n) is 4.37. The Morgan fingerprint density at radius 1 is 1.23 bits per heavy atom. The van der Waals surface area contributed by atoms with Crippen LogP contribution in [0.3, 0.4) is 0 Å². The van der Waals surface area contributed by atoms with E-state index >= 15 is 0 Å². The van der Waals surface area contributed by atoms with Gasteiger partial charge >= 0.3 is 5.97 Å². The molecule has 1 amide bonds. The standard InChI is InChI=1S/C21H16ClN3O4S/c1-2-16(29-20(27)14-4-3-5-17-18(14)23-11-28-17)19(26)25-21-24-15(10-30-21)12-6-8-13(22)9-7-12/h3-11,16H,2H2,1H3,(H,24,25,26). The number of amides is 1. The number of carbonyl (C=O) groups excluding carboxylic acids is 2. The van der Waals surface area contributed by atoms with Gasteiger partial charge in [-0.1, -0.05) is 36.7 Å². The van der Waals surface area contributed by atoms with E-state index in [1.807, 2.05) is 17.5 Å². The molecule has 0 spiro atoms. The predicted molar refractivity (Wildman–Crippen MR) is 115 cm³/mol. The second-order valence-corrected chi connectivity index (χ2v) is 7.64.